The molecule has 0 aliphatic heterocycles. The summed E-state index contributed by atoms with van der Waals surface area (Å²) in [6.07, 6.45) is 6.28. The maximum atomic E-state index is 5.71. The van der Waals surface area contributed by atoms with Gasteiger partial charge in [0.15, 0.2) is 0 Å². The number of nitrogen functional groups attached to an aromatic ring is 1. The van der Waals surface area contributed by atoms with Gasteiger partial charge < -0.3 is 10.3 Å². The Bertz CT molecular complexity index is 413. The number of aromatic nitrogens is 1. The van der Waals surface area contributed by atoms with Crippen LogP contribution in [-0.2, 0) is 7.05 Å². The van der Waals surface area contributed by atoms with Crippen LogP contribution < -0.4 is 11.2 Å². The summed E-state index contributed by atoms with van der Waals surface area (Å²) in [4.78, 5) is 4.50. The SMILES string of the molecule is CCC/C=C(\C)N=c1cc(N)ccn1C. The van der Waals surface area contributed by atoms with E-state index in [4.69, 9.17) is 5.73 Å². The van der Waals surface area contributed by atoms with E-state index < -0.39 is 0 Å². The van der Waals surface area contributed by atoms with Crippen LogP contribution in [0, 0.1) is 0 Å². The molecule has 82 valence electrons. The predicted octanol–water partition coefficient (Wildman–Crippen LogP) is 2.21. The van der Waals surface area contributed by atoms with Crippen LogP contribution in [0.5, 0.6) is 0 Å². The number of anilines is 1. The van der Waals surface area contributed by atoms with Crippen molar-refractivity contribution in [1.29, 1.82) is 0 Å². The molecule has 1 rings (SSSR count). The Morgan fingerprint density at radius 3 is 3.00 bits per heavy atom. The lowest BCUT2D eigenvalue weighted by atomic mass is 10.3. The molecule has 0 aliphatic rings. The average Bonchev–Trinajstić information content (AvgIpc) is 2.20. The number of unbranched alkanes of at least 4 members (excludes halogenated alkanes) is 1. The molecule has 1 aromatic heterocycles. The van der Waals surface area contributed by atoms with E-state index in [2.05, 4.69) is 18.0 Å². The van der Waals surface area contributed by atoms with E-state index in [1.54, 1.807) is 0 Å². The van der Waals surface area contributed by atoms with Gasteiger partial charge in [0.05, 0.1) is 0 Å². The fourth-order valence-electron chi connectivity index (χ4n) is 1.26. The fourth-order valence-corrected chi connectivity index (χ4v) is 1.26. The zero-order chi connectivity index (χ0) is 11.3. The van der Waals surface area contributed by atoms with Crippen LogP contribution in [-0.4, -0.2) is 4.57 Å². The first-order chi connectivity index (χ1) is 7.13. The molecule has 0 atom stereocenters. The molecule has 3 heteroatoms. The Morgan fingerprint density at radius 2 is 2.33 bits per heavy atom. The molecule has 0 amide bonds. The molecule has 0 fully saturated rings. The zero-order valence-electron chi connectivity index (χ0n) is 9.70. The van der Waals surface area contributed by atoms with Crippen molar-refractivity contribution in [3.63, 3.8) is 0 Å². The summed E-state index contributed by atoms with van der Waals surface area (Å²) in [5, 5.41) is 0. The third-order valence-electron chi connectivity index (χ3n) is 2.17. The van der Waals surface area contributed by atoms with Gasteiger partial charge in [-0.05, 0) is 19.4 Å². The monoisotopic (exact) mass is 205 g/mol. The molecular weight excluding hydrogens is 186 g/mol. The number of rotatable bonds is 3. The highest BCUT2D eigenvalue weighted by Gasteiger charge is 1.90. The van der Waals surface area contributed by atoms with Crippen molar-refractivity contribution in [2.45, 2.75) is 26.7 Å². The van der Waals surface area contributed by atoms with E-state index in [-0.39, 0.29) is 0 Å². The van der Waals surface area contributed by atoms with Gasteiger partial charge >= 0.3 is 0 Å². The van der Waals surface area contributed by atoms with Crippen molar-refractivity contribution < 1.29 is 0 Å². The molecule has 0 aliphatic carbocycles. The van der Waals surface area contributed by atoms with Crippen molar-refractivity contribution in [3.8, 4) is 0 Å². The van der Waals surface area contributed by atoms with E-state index in [1.807, 2.05) is 36.9 Å². The average molecular weight is 205 g/mol. The maximum absolute atomic E-state index is 5.71. The van der Waals surface area contributed by atoms with Gasteiger partial charge in [-0.15, -0.1) is 0 Å². The summed E-state index contributed by atoms with van der Waals surface area (Å²) in [5.41, 5.74) is 8.38. The van der Waals surface area contributed by atoms with Crippen LogP contribution in [0.2, 0.25) is 0 Å². The number of hydrogen-bond acceptors (Lipinski definition) is 2. The van der Waals surface area contributed by atoms with Gasteiger partial charge in [0.2, 0.25) is 0 Å². The summed E-state index contributed by atoms with van der Waals surface area (Å²) in [7, 11) is 1.96. The number of pyridine rings is 1. The van der Waals surface area contributed by atoms with Gasteiger partial charge in [0, 0.05) is 30.7 Å². The molecule has 0 unspecified atom stereocenters. The Kier molecular flexibility index (Phi) is 4.16. The standard InChI is InChI=1S/C12H19N3/c1-4-5-6-10(2)14-12-9-11(13)7-8-15(12)3/h6-9H,4-5,13H2,1-3H3/b10-6+,14-12?. The van der Waals surface area contributed by atoms with E-state index in [0.29, 0.717) is 0 Å². The van der Waals surface area contributed by atoms with Crippen molar-refractivity contribution in [3.05, 3.63) is 35.6 Å². The summed E-state index contributed by atoms with van der Waals surface area (Å²) in [6.45, 7) is 4.17. The first-order valence-electron chi connectivity index (χ1n) is 5.27. The van der Waals surface area contributed by atoms with Gasteiger partial charge in [-0.2, -0.15) is 0 Å². The Hall–Kier alpha value is -1.51. The Labute approximate surface area is 91.0 Å². The van der Waals surface area contributed by atoms with Gasteiger partial charge in [0.25, 0.3) is 0 Å². The molecule has 1 heterocycles. The minimum absolute atomic E-state index is 0.746. The van der Waals surface area contributed by atoms with E-state index in [0.717, 1.165) is 29.7 Å². The summed E-state index contributed by atoms with van der Waals surface area (Å²) < 4.78 is 1.96. The number of nitrogens with zero attached hydrogens (tertiary/aromatic N) is 2. The minimum atomic E-state index is 0.746. The van der Waals surface area contributed by atoms with Crippen LogP contribution >= 0.6 is 0 Å². The van der Waals surface area contributed by atoms with Crippen molar-refractivity contribution >= 4 is 5.69 Å². The molecular formula is C12H19N3. The van der Waals surface area contributed by atoms with Crippen LogP contribution in [0.4, 0.5) is 5.69 Å². The number of allylic oxidation sites excluding steroid dienone is 2. The van der Waals surface area contributed by atoms with Crippen LogP contribution in [0.1, 0.15) is 26.7 Å². The largest absolute Gasteiger partial charge is 0.399 e. The van der Waals surface area contributed by atoms with E-state index in [9.17, 15) is 0 Å². The number of aryl methyl sites for hydroxylation is 1. The number of hydrogen-bond donors (Lipinski definition) is 1. The topological polar surface area (TPSA) is 43.3 Å². The highest BCUT2D eigenvalue weighted by molar-refractivity contribution is 5.34. The third kappa shape index (κ3) is 3.62. The molecule has 0 spiro atoms. The van der Waals surface area contributed by atoms with Gasteiger partial charge in [-0.25, -0.2) is 4.99 Å². The van der Waals surface area contributed by atoms with Gasteiger partial charge in [-0.3, -0.25) is 0 Å². The second-order valence-corrected chi connectivity index (χ2v) is 3.68. The zero-order valence-corrected chi connectivity index (χ0v) is 9.70. The molecule has 1 aromatic rings. The van der Waals surface area contributed by atoms with Crippen LogP contribution in [0.3, 0.4) is 0 Å². The van der Waals surface area contributed by atoms with Crippen LogP contribution in [0.15, 0.2) is 35.1 Å². The third-order valence-corrected chi connectivity index (χ3v) is 2.17. The molecule has 0 saturated carbocycles. The molecule has 3 nitrogen and oxygen atoms in total. The summed E-state index contributed by atoms with van der Waals surface area (Å²) >= 11 is 0. The molecule has 0 saturated heterocycles. The lowest BCUT2D eigenvalue weighted by molar-refractivity contribution is 0.825. The first kappa shape index (κ1) is 11.6. The van der Waals surface area contributed by atoms with E-state index >= 15 is 0 Å². The molecule has 15 heavy (non-hydrogen) atoms. The van der Waals surface area contributed by atoms with Gasteiger partial charge in [-0.1, -0.05) is 19.4 Å². The van der Waals surface area contributed by atoms with Crippen molar-refractivity contribution in [2.24, 2.45) is 12.0 Å². The van der Waals surface area contributed by atoms with Crippen molar-refractivity contribution in [1.82, 2.24) is 4.57 Å². The fraction of sp³-hybridized carbons (Fsp3) is 0.417. The molecule has 2 N–H and O–H groups in total. The quantitative estimate of drug-likeness (QED) is 0.807. The molecule has 0 radical (unpaired) electrons. The van der Waals surface area contributed by atoms with Crippen LogP contribution in [0.25, 0.3) is 0 Å². The Morgan fingerprint density at radius 1 is 1.60 bits per heavy atom. The highest BCUT2D eigenvalue weighted by atomic mass is 15.0. The molecule has 0 bridgehead atoms. The lowest BCUT2D eigenvalue weighted by Crippen LogP contribution is -2.17. The number of nitrogens with two attached hydrogens (primary N) is 1. The highest BCUT2D eigenvalue weighted by Crippen LogP contribution is 1.99. The lowest BCUT2D eigenvalue weighted by Gasteiger charge is -2.01. The van der Waals surface area contributed by atoms with Crippen molar-refractivity contribution in [2.75, 3.05) is 5.73 Å². The van der Waals surface area contributed by atoms with E-state index in [1.165, 1.54) is 0 Å². The normalized spacial score (nSPS) is 13.3. The minimum Gasteiger partial charge on any atom is -0.399 e. The second kappa shape index (κ2) is 5.39. The summed E-state index contributed by atoms with van der Waals surface area (Å²) in [5.74, 6) is 0. The second-order valence-electron chi connectivity index (χ2n) is 3.68. The smallest absolute Gasteiger partial charge is 0.134 e. The first-order valence-corrected chi connectivity index (χ1v) is 5.27. The van der Waals surface area contributed by atoms with Gasteiger partial charge in [0.1, 0.15) is 5.49 Å². The Balaban J connectivity index is 3.04. The predicted molar refractivity (Wildman–Crippen MR) is 64.1 cm³/mol. The summed E-state index contributed by atoms with van der Waals surface area (Å²) in [6, 6.07) is 3.74. The molecule has 0 aromatic carbocycles. The maximum Gasteiger partial charge on any atom is 0.134 e.